The molecule has 0 saturated heterocycles. The summed E-state index contributed by atoms with van der Waals surface area (Å²) in [6, 6.07) is 22.9. The Morgan fingerprint density at radius 3 is 2.48 bits per heavy atom. The summed E-state index contributed by atoms with van der Waals surface area (Å²) >= 11 is 3.40. The van der Waals surface area contributed by atoms with Crippen molar-refractivity contribution in [1.82, 2.24) is 4.90 Å². The van der Waals surface area contributed by atoms with Crippen LogP contribution in [0.4, 0.5) is 0 Å². The van der Waals surface area contributed by atoms with Crippen molar-refractivity contribution < 1.29 is 9.21 Å². The Morgan fingerprint density at radius 2 is 1.81 bits per heavy atom. The van der Waals surface area contributed by atoms with E-state index in [0.29, 0.717) is 18.1 Å². The number of carbonyl (C=O) groups is 1. The van der Waals surface area contributed by atoms with Crippen LogP contribution in [0.5, 0.6) is 0 Å². The maximum atomic E-state index is 12.6. The van der Waals surface area contributed by atoms with Crippen molar-refractivity contribution in [3.8, 4) is 17.4 Å². The van der Waals surface area contributed by atoms with Crippen LogP contribution in [-0.2, 0) is 11.3 Å². The molecule has 0 N–H and O–H groups in total. The van der Waals surface area contributed by atoms with E-state index >= 15 is 0 Å². The first-order valence-corrected chi connectivity index (χ1v) is 9.13. The van der Waals surface area contributed by atoms with Crippen molar-refractivity contribution in [2.75, 3.05) is 7.05 Å². The van der Waals surface area contributed by atoms with Crippen LogP contribution in [0, 0.1) is 11.3 Å². The molecule has 0 aliphatic heterocycles. The summed E-state index contributed by atoms with van der Waals surface area (Å²) < 4.78 is 6.76. The summed E-state index contributed by atoms with van der Waals surface area (Å²) in [5.74, 6) is 0.796. The monoisotopic (exact) mass is 420 g/mol. The number of benzene rings is 2. The number of rotatable bonds is 5. The van der Waals surface area contributed by atoms with Crippen LogP contribution in [0.1, 0.15) is 11.3 Å². The minimum atomic E-state index is -0.344. The predicted octanol–water partition coefficient (Wildman–Crippen LogP) is 5.27. The minimum Gasteiger partial charge on any atom is -0.457 e. The fraction of sp³-hybridized carbons (Fsp3) is 0.0909. The SMILES string of the molecule is CN(Cc1ccccc1)C(=O)/C(C#N)=C\c1ccc(-c2ccc(Br)cc2)o1. The number of nitriles is 1. The van der Waals surface area contributed by atoms with E-state index in [-0.39, 0.29) is 11.5 Å². The quantitative estimate of drug-likeness (QED) is 0.416. The molecule has 0 spiro atoms. The van der Waals surface area contributed by atoms with Crippen LogP contribution in [0.25, 0.3) is 17.4 Å². The third kappa shape index (κ3) is 4.75. The molecule has 0 fully saturated rings. The second-order valence-electron chi connectivity index (χ2n) is 6.03. The molecule has 3 aromatic rings. The molecule has 0 bridgehead atoms. The van der Waals surface area contributed by atoms with Gasteiger partial charge in [-0.05, 0) is 29.8 Å². The Hall–Kier alpha value is -3.10. The third-order valence-corrected chi connectivity index (χ3v) is 4.53. The van der Waals surface area contributed by atoms with E-state index < -0.39 is 0 Å². The van der Waals surface area contributed by atoms with Crippen LogP contribution >= 0.6 is 15.9 Å². The Balaban J connectivity index is 1.77. The summed E-state index contributed by atoms with van der Waals surface area (Å²) in [4.78, 5) is 14.1. The number of hydrogen-bond donors (Lipinski definition) is 0. The van der Waals surface area contributed by atoms with Crippen LogP contribution in [0.2, 0.25) is 0 Å². The number of hydrogen-bond acceptors (Lipinski definition) is 3. The molecular weight excluding hydrogens is 404 g/mol. The fourth-order valence-electron chi connectivity index (χ4n) is 2.62. The van der Waals surface area contributed by atoms with Gasteiger partial charge in [0, 0.05) is 29.7 Å². The fourth-order valence-corrected chi connectivity index (χ4v) is 2.88. The van der Waals surface area contributed by atoms with Crippen molar-refractivity contribution in [3.05, 3.63) is 88.1 Å². The lowest BCUT2D eigenvalue weighted by Gasteiger charge is -2.16. The first-order valence-electron chi connectivity index (χ1n) is 8.34. The lowest BCUT2D eigenvalue weighted by molar-refractivity contribution is -0.125. The number of halogens is 1. The molecule has 0 aliphatic rings. The maximum absolute atomic E-state index is 12.6. The van der Waals surface area contributed by atoms with Gasteiger partial charge < -0.3 is 9.32 Å². The van der Waals surface area contributed by atoms with E-state index in [4.69, 9.17) is 4.42 Å². The molecule has 0 unspecified atom stereocenters. The van der Waals surface area contributed by atoms with E-state index in [1.54, 1.807) is 13.1 Å². The highest BCUT2D eigenvalue weighted by atomic mass is 79.9. The van der Waals surface area contributed by atoms with Crippen molar-refractivity contribution in [2.24, 2.45) is 0 Å². The molecule has 0 atom stereocenters. The summed E-state index contributed by atoms with van der Waals surface area (Å²) in [7, 11) is 1.68. The third-order valence-electron chi connectivity index (χ3n) is 4.00. The van der Waals surface area contributed by atoms with Gasteiger partial charge in [-0.25, -0.2) is 0 Å². The molecule has 0 saturated carbocycles. The molecule has 3 rings (SSSR count). The molecule has 27 heavy (non-hydrogen) atoms. The molecule has 0 radical (unpaired) electrons. The van der Waals surface area contributed by atoms with Gasteiger partial charge in [0.2, 0.25) is 0 Å². The van der Waals surface area contributed by atoms with E-state index in [9.17, 15) is 10.1 Å². The second-order valence-corrected chi connectivity index (χ2v) is 6.94. The van der Waals surface area contributed by atoms with Crippen LogP contribution in [0.15, 0.2) is 81.2 Å². The van der Waals surface area contributed by atoms with E-state index in [0.717, 1.165) is 15.6 Å². The average molecular weight is 421 g/mol. The van der Waals surface area contributed by atoms with Gasteiger partial charge in [-0.15, -0.1) is 0 Å². The van der Waals surface area contributed by atoms with Crippen LogP contribution in [-0.4, -0.2) is 17.9 Å². The van der Waals surface area contributed by atoms with E-state index in [1.807, 2.05) is 66.7 Å². The smallest absolute Gasteiger partial charge is 0.264 e. The average Bonchev–Trinajstić information content (AvgIpc) is 3.15. The Kier molecular flexibility index (Phi) is 5.90. The molecule has 4 nitrogen and oxygen atoms in total. The van der Waals surface area contributed by atoms with E-state index in [2.05, 4.69) is 15.9 Å². The largest absolute Gasteiger partial charge is 0.457 e. The molecule has 1 amide bonds. The summed E-state index contributed by atoms with van der Waals surface area (Å²) in [5.41, 5.74) is 1.95. The highest BCUT2D eigenvalue weighted by Crippen LogP contribution is 2.25. The van der Waals surface area contributed by atoms with Gasteiger partial charge in [-0.3, -0.25) is 4.79 Å². The minimum absolute atomic E-state index is 0.0325. The first kappa shape index (κ1) is 18.7. The molecule has 1 heterocycles. The summed E-state index contributed by atoms with van der Waals surface area (Å²) in [5, 5.41) is 9.41. The van der Waals surface area contributed by atoms with Gasteiger partial charge in [0.1, 0.15) is 23.2 Å². The lowest BCUT2D eigenvalue weighted by Crippen LogP contribution is -2.27. The number of amides is 1. The number of carbonyl (C=O) groups excluding carboxylic acids is 1. The van der Waals surface area contributed by atoms with Gasteiger partial charge in [-0.2, -0.15) is 5.26 Å². The topological polar surface area (TPSA) is 57.2 Å². The Bertz CT molecular complexity index is 999. The van der Waals surface area contributed by atoms with Crippen LogP contribution < -0.4 is 0 Å². The zero-order valence-corrected chi connectivity index (χ0v) is 16.3. The normalized spacial score (nSPS) is 11.1. The molecule has 1 aromatic heterocycles. The first-order chi connectivity index (χ1) is 13.1. The van der Waals surface area contributed by atoms with E-state index in [1.165, 1.54) is 11.0 Å². The van der Waals surface area contributed by atoms with Gasteiger partial charge in [0.05, 0.1) is 0 Å². The number of likely N-dealkylation sites (N-methyl/N-ethyl adjacent to an activating group) is 1. The van der Waals surface area contributed by atoms with Gasteiger partial charge in [0.15, 0.2) is 0 Å². The maximum Gasteiger partial charge on any atom is 0.264 e. The highest BCUT2D eigenvalue weighted by Gasteiger charge is 2.16. The zero-order valence-electron chi connectivity index (χ0n) is 14.7. The molecule has 5 heteroatoms. The standard InChI is InChI=1S/C22H17BrN2O2/c1-25(15-16-5-3-2-4-6-16)22(26)18(14-24)13-20-11-12-21(27-20)17-7-9-19(23)10-8-17/h2-13H,15H2,1H3/b18-13-. The molecule has 134 valence electrons. The number of nitrogens with zero attached hydrogens (tertiary/aromatic N) is 2. The van der Waals surface area contributed by atoms with Gasteiger partial charge in [0.25, 0.3) is 5.91 Å². The lowest BCUT2D eigenvalue weighted by atomic mass is 10.1. The second kappa shape index (κ2) is 8.52. The predicted molar refractivity (Wildman–Crippen MR) is 108 cm³/mol. The Labute approximate surface area is 166 Å². The van der Waals surface area contributed by atoms with Crippen molar-refractivity contribution in [3.63, 3.8) is 0 Å². The van der Waals surface area contributed by atoms with Crippen molar-refractivity contribution in [2.45, 2.75) is 6.54 Å². The Morgan fingerprint density at radius 1 is 1.11 bits per heavy atom. The molecule has 0 aliphatic carbocycles. The van der Waals surface area contributed by atoms with Crippen molar-refractivity contribution >= 4 is 27.9 Å². The zero-order chi connectivity index (χ0) is 19.2. The van der Waals surface area contributed by atoms with Crippen molar-refractivity contribution in [1.29, 1.82) is 5.26 Å². The highest BCUT2D eigenvalue weighted by molar-refractivity contribution is 9.10. The summed E-state index contributed by atoms with van der Waals surface area (Å²) in [6.45, 7) is 0.432. The molecule has 2 aromatic carbocycles. The van der Waals surface area contributed by atoms with Crippen LogP contribution in [0.3, 0.4) is 0 Å². The number of furan rings is 1. The summed E-state index contributed by atoms with van der Waals surface area (Å²) in [6.07, 6.45) is 1.48. The van der Waals surface area contributed by atoms with Gasteiger partial charge in [-0.1, -0.05) is 58.4 Å². The van der Waals surface area contributed by atoms with Gasteiger partial charge >= 0.3 is 0 Å². The molecular formula is C22H17BrN2O2.